The van der Waals surface area contributed by atoms with Gasteiger partial charge in [-0.3, -0.25) is 9.89 Å². The normalized spacial score (nSPS) is 11.2. The topological polar surface area (TPSA) is 107 Å². The molecule has 3 N–H and O–H groups in total. The molecule has 0 bridgehead atoms. The maximum Gasteiger partial charge on any atom is 0.263 e. The second-order valence-corrected chi connectivity index (χ2v) is 4.75. The van der Waals surface area contributed by atoms with Crippen LogP contribution in [0, 0.1) is 11.3 Å². The Morgan fingerprint density at radius 1 is 1.43 bits per heavy atom. The Balaban J connectivity index is 1.65. The number of rotatable bonds is 5. The van der Waals surface area contributed by atoms with E-state index in [9.17, 15) is 4.79 Å². The Kier molecular flexibility index (Phi) is 4.07. The number of carbonyl (C=O) groups excluding carboxylic acids is 1. The molecule has 0 aliphatic carbocycles. The van der Waals surface area contributed by atoms with Crippen molar-refractivity contribution in [3.63, 3.8) is 0 Å². The van der Waals surface area contributed by atoms with Crippen LogP contribution in [0.1, 0.15) is 5.76 Å². The Bertz CT molecular complexity index is 887. The third kappa shape index (κ3) is 3.39. The lowest BCUT2D eigenvalue weighted by Gasteiger charge is -2.04. The molecule has 7 nitrogen and oxygen atoms in total. The van der Waals surface area contributed by atoms with Crippen LogP contribution in [-0.4, -0.2) is 16.1 Å². The number of fused-ring (bicyclic) bond motifs is 1. The number of amides is 1. The summed E-state index contributed by atoms with van der Waals surface area (Å²) in [6.07, 6.45) is 4.61. The molecule has 3 aromatic rings. The fourth-order valence-corrected chi connectivity index (χ4v) is 2.01. The molecule has 0 aliphatic rings. The van der Waals surface area contributed by atoms with Gasteiger partial charge in [-0.05, 0) is 30.3 Å². The van der Waals surface area contributed by atoms with E-state index in [-0.39, 0.29) is 12.1 Å². The van der Waals surface area contributed by atoms with E-state index in [4.69, 9.17) is 9.68 Å². The first-order chi connectivity index (χ1) is 11.3. The summed E-state index contributed by atoms with van der Waals surface area (Å²) in [4.78, 5) is 12.0. The Labute approximate surface area is 131 Å². The summed E-state index contributed by atoms with van der Waals surface area (Å²) in [5, 5.41) is 22.4. The number of nitrogens with zero attached hydrogens (tertiary/aromatic N) is 2. The van der Waals surface area contributed by atoms with Crippen LogP contribution in [0.3, 0.4) is 0 Å². The molecule has 0 radical (unpaired) electrons. The summed E-state index contributed by atoms with van der Waals surface area (Å²) in [5.74, 6) is 0.146. The number of aromatic nitrogens is 2. The van der Waals surface area contributed by atoms with Gasteiger partial charge in [-0.15, -0.1) is 0 Å². The van der Waals surface area contributed by atoms with Crippen molar-refractivity contribution in [1.82, 2.24) is 15.5 Å². The Morgan fingerprint density at radius 3 is 3.13 bits per heavy atom. The molecule has 2 aromatic heterocycles. The average Bonchev–Trinajstić information content (AvgIpc) is 3.24. The standard InChI is InChI=1S/C16H13N5O2/c17-7-12(16(22)19-10-14-2-1-5-23-14)8-18-13-4-3-11-9-20-21-15(11)6-13/h1-6,8-9,18H,10H2,(H,19,22)(H,20,21)/b12-8-. The van der Waals surface area contributed by atoms with Crippen LogP contribution in [0.25, 0.3) is 10.9 Å². The number of aromatic amines is 1. The zero-order valence-electron chi connectivity index (χ0n) is 12.0. The monoisotopic (exact) mass is 307 g/mol. The van der Waals surface area contributed by atoms with Crippen LogP contribution < -0.4 is 10.6 Å². The first kappa shape index (κ1) is 14.4. The van der Waals surface area contributed by atoms with Crippen LogP contribution in [-0.2, 0) is 11.3 Å². The summed E-state index contributed by atoms with van der Waals surface area (Å²) in [6, 6.07) is 10.9. The second-order valence-electron chi connectivity index (χ2n) is 4.75. The van der Waals surface area contributed by atoms with Crippen molar-refractivity contribution in [3.05, 3.63) is 60.3 Å². The summed E-state index contributed by atoms with van der Waals surface area (Å²) in [5.41, 5.74) is 1.58. The molecule has 2 heterocycles. The first-order valence-corrected chi connectivity index (χ1v) is 6.87. The number of hydrogen-bond acceptors (Lipinski definition) is 5. The average molecular weight is 307 g/mol. The number of nitrogens with one attached hydrogen (secondary N) is 3. The highest BCUT2D eigenvalue weighted by Gasteiger charge is 2.09. The highest BCUT2D eigenvalue weighted by molar-refractivity contribution is 5.97. The van der Waals surface area contributed by atoms with Crippen LogP contribution >= 0.6 is 0 Å². The highest BCUT2D eigenvalue weighted by atomic mass is 16.3. The smallest absolute Gasteiger partial charge is 0.263 e. The van der Waals surface area contributed by atoms with E-state index >= 15 is 0 Å². The van der Waals surface area contributed by atoms with Crippen molar-refractivity contribution in [2.24, 2.45) is 0 Å². The van der Waals surface area contributed by atoms with Gasteiger partial charge < -0.3 is 15.1 Å². The van der Waals surface area contributed by atoms with Crippen molar-refractivity contribution in [2.45, 2.75) is 6.54 Å². The quantitative estimate of drug-likeness (QED) is 0.495. The van der Waals surface area contributed by atoms with Crippen LogP contribution in [0.5, 0.6) is 0 Å². The predicted molar refractivity (Wildman–Crippen MR) is 84.0 cm³/mol. The zero-order chi connectivity index (χ0) is 16.1. The minimum absolute atomic E-state index is 0.0266. The van der Waals surface area contributed by atoms with Gasteiger partial charge in [0.25, 0.3) is 5.91 Å². The SMILES string of the molecule is N#C/C(=C/Nc1ccc2cn[nH]c2c1)C(=O)NCc1ccco1. The number of furan rings is 1. The lowest BCUT2D eigenvalue weighted by molar-refractivity contribution is -0.117. The minimum Gasteiger partial charge on any atom is -0.467 e. The summed E-state index contributed by atoms with van der Waals surface area (Å²) in [7, 11) is 0. The zero-order valence-corrected chi connectivity index (χ0v) is 12.0. The highest BCUT2D eigenvalue weighted by Crippen LogP contribution is 2.16. The lowest BCUT2D eigenvalue weighted by Crippen LogP contribution is -2.24. The van der Waals surface area contributed by atoms with E-state index in [1.54, 1.807) is 18.3 Å². The van der Waals surface area contributed by atoms with Gasteiger partial charge >= 0.3 is 0 Å². The fourth-order valence-electron chi connectivity index (χ4n) is 2.01. The molecule has 0 unspecified atom stereocenters. The molecule has 0 saturated carbocycles. The molecule has 0 spiro atoms. The van der Waals surface area contributed by atoms with Gasteiger partial charge in [0.1, 0.15) is 17.4 Å². The molecule has 0 saturated heterocycles. The molecule has 0 atom stereocenters. The van der Waals surface area contributed by atoms with Gasteiger partial charge in [0.2, 0.25) is 0 Å². The number of anilines is 1. The molecule has 0 aliphatic heterocycles. The van der Waals surface area contributed by atoms with Crippen molar-refractivity contribution in [3.8, 4) is 6.07 Å². The van der Waals surface area contributed by atoms with Crippen LogP contribution in [0.2, 0.25) is 0 Å². The lowest BCUT2D eigenvalue weighted by atomic mass is 10.2. The molecule has 0 fully saturated rings. The van der Waals surface area contributed by atoms with E-state index in [1.807, 2.05) is 24.3 Å². The summed E-state index contributed by atoms with van der Waals surface area (Å²) in [6.45, 7) is 0.227. The molecule has 3 rings (SSSR count). The minimum atomic E-state index is -0.473. The first-order valence-electron chi connectivity index (χ1n) is 6.87. The number of H-pyrrole nitrogens is 1. The molecule has 1 amide bonds. The predicted octanol–water partition coefficient (Wildman–Crippen LogP) is 2.29. The van der Waals surface area contributed by atoms with Crippen molar-refractivity contribution in [1.29, 1.82) is 5.26 Å². The second kappa shape index (κ2) is 6.49. The van der Waals surface area contributed by atoms with Gasteiger partial charge in [-0.25, -0.2) is 0 Å². The van der Waals surface area contributed by atoms with Gasteiger partial charge in [0, 0.05) is 17.3 Å². The molecule has 114 valence electrons. The summed E-state index contributed by atoms with van der Waals surface area (Å²) >= 11 is 0. The Hall–Kier alpha value is -3.53. The molecular weight excluding hydrogens is 294 g/mol. The fraction of sp³-hybridized carbons (Fsp3) is 0.0625. The van der Waals surface area contributed by atoms with Crippen LogP contribution in [0.4, 0.5) is 5.69 Å². The van der Waals surface area contributed by atoms with Crippen molar-refractivity contribution < 1.29 is 9.21 Å². The third-order valence-corrected chi connectivity index (χ3v) is 3.19. The molecule has 1 aromatic carbocycles. The van der Waals surface area contributed by atoms with Gasteiger partial charge in [-0.2, -0.15) is 10.4 Å². The molecule has 23 heavy (non-hydrogen) atoms. The largest absolute Gasteiger partial charge is 0.467 e. The van der Waals surface area contributed by atoms with E-state index in [0.717, 1.165) is 16.6 Å². The molecular formula is C16H13N5O2. The van der Waals surface area contributed by atoms with Crippen molar-refractivity contribution >= 4 is 22.5 Å². The van der Waals surface area contributed by atoms with Crippen molar-refractivity contribution in [2.75, 3.05) is 5.32 Å². The number of nitriles is 1. The van der Waals surface area contributed by atoms with E-state index < -0.39 is 5.91 Å². The van der Waals surface area contributed by atoms with Crippen LogP contribution in [0.15, 0.2) is 59.0 Å². The maximum atomic E-state index is 12.0. The summed E-state index contributed by atoms with van der Waals surface area (Å²) < 4.78 is 5.12. The van der Waals surface area contributed by atoms with Gasteiger partial charge in [0.15, 0.2) is 0 Å². The van der Waals surface area contributed by atoms with E-state index in [0.29, 0.717) is 5.76 Å². The number of hydrogen-bond donors (Lipinski definition) is 3. The third-order valence-electron chi connectivity index (χ3n) is 3.19. The van der Waals surface area contributed by atoms with E-state index in [1.165, 1.54) is 12.5 Å². The number of carbonyl (C=O) groups is 1. The van der Waals surface area contributed by atoms with Gasteiger partial charge in [0.05, 0.1) is 24.5 Å². The Morgan fingerprint density at radius 2 is 2.35 bits per heavy atom. The maximum absolute atomic E-state index is 12.0. The molecule has 7 heteroatoms. The van der Waals surface area contributed by atoms with E-state index in [2.05, 4.69) is 20.8 Å². The van der Waals surface area contributed by atoms with Gasteiger partial charge in [-0.1, -0.05) is 0 Å². The number of benzene rings is 1.